The molecule has 1 fully saturated rings. The minimum Gasteiger partial charge on any atom is -0.337 e. The van der Waals surface area contributed by atoms with Crippen LogP contribution in [0, 0.1) is 0 Å². The number of thiazole rings is 1. The van der Waals surface area contributed by atoms with Crippen LogP contribution < -0.4 is 5.56 Å². The molecule has 1 atom stereocenters. The minimum atomic E-state index is -0.268. The lowest BCUT2D eigenvalue weighted by Crippen LogP contribution is -2.40. The Bertz CT molecular complexity index is 1070. The largest absolute Gasteiger partial charge is 0.337 e. The fraction of sp³-hybridized carbons (Fsp3) is 0.400. The van der Waals surface area contributed by atoms with E-state index < -0.39 is 0 Å². The lowest BCUT2D eigenvalue weighted by molar-refractivity contribution is 0.0702. The molecule has 0 spiro atoms. The van der Waals surface area contributed by atoms with Crippen LogP contribution in [-0.2, 0) is 12.8 Å². The van der Waals surface area contributed by atoms with Crippen LogP contribution in [0.4, 0.5) is 0 Å². The van der Waals surface area contributed by atoms with E-state index in [-0.39, 0.29) is 11.5 Å². The van der Waals surface area contributed by atoms with Gasteiger partial charge in [0, 0.05) is 29.3 Å². The predicted molar refractivity (Wildman–Crippen MR) is 104 cm³/mol. The van der Waals surface area contributed by atoms with Gasteiger partial charge >= 0.3 is 0 Å². The maximum absolute atomic E-state index is 13.2. The lowest BCUT2D eigenvalue weighted by atomic mass is 9.98. The average Bonchev–Trinajstić information content (AvgIpc) is 3.30. The van der Waals surface area contributed by atoms with Gasteiger partial charge in [0.2, 0.25) is 0 Å². The van der Waals surface area contributed by atoms with E-state index in [1.54, 1.807) is 18.2 Å². The molecule has 138 valence electrons. The number of hydrogen-bond donors (Lipinski definition) is 1. The summed E-state index contributed by atoms with van der Waals surface area (Å²) in [6, 6.07) is 7.14. The molecule has 6 nitrogen and oxygen atoms in total. The topological polar surface area (TPSA) is 79.0 Å². The summed E-state index contributed by atoms with van der Waals surface area (Å²) >= 11 is 1.83. The van der Waals surface area contributed by atoms with E-state index in [0.29, 0.717) is 28.9 Å². The van der Waals surface area contributed by atoms with E-state index in [4.69, 9.17) is 4.98 Å². The van der Waals surface area contributed by atoms with Gasteiger partial charge in [-0.05, 0) is 38.2 Å². The molecule has 3 heterocycles. The number of piperidine rings is 1. The molecule has 1 aromatic carbocycles. The van der Waals surface area contributed by atoms with E-state index in [1.807, 2.05) is 22.3 Å². The Balaban J connectivity index is 1.43. The Morgan fingerprint density at radius 1 is 1.19 bits per heavy atom. The Morgan fingerprint density at radius 3 is 2.89 bits per heavy atom. The Morgan fingerprint density at radius 2 is 2.04 bits per heavy atom. The summed E-state index contributed by atoms with van der Waals surface area (Å²) in [6.45, 7) is 1.38. The van der Waals surface area contributed by atoms with Gasteiger partial charge in [-0.3, -0.25) is 9.59 Å². The van der Waals surface area contributed by atoms with Crippen molar-refractivity contribution in [3.63, 3.8) is 0 Å². The second-order valence-electron chi connectivity index (χ2n) is 7.31. The predicted octanol–water partition coefficient (Wildman–Crippen LogP) is 2.89. The van der Waals surface area contributed by atoms with Crippen molar-refractivity contribution < 1.29 is 4.79 Å². The summed E-state index contributed by atoms with van der Waals surface area (Å²) in [6.07, 6.45) is 5.48. The van der Waals surface area contributed by atoms with Gasteiger partial charge in [-0.2, -0.15) is 5.10 Å². The molecule has 1 N–H and O–H groups in total. The first-order chi connectivity index (χ1) is 13.2. The van der Waals surface area contributed by atoms with Crippen LogP contribution in [0.5, 0.6) is 0 Å². The van der Waals surface area contributed by atoms with E-state index in [2.05, 4.69) is 10.2 Å². The molecular weight excluding hydrogens is 360 g/mol. The van der Waals surface area contributed by atoms with Gasteiger partial charge in [-0.25, -0.2) is 10.1 Å². The number of hydrogen-bond acceptors (Lipinski definition) is 5. The number of rotatable bonds is 2. The van der Waals surface area contributed by atoms with Gasteiger partial charge in [0.1, 0.15) is 0 Å². The highest BCUT2D eigenvalue weighted by Crippen LogP contribution is 2.35. The summed E-state index contributed by atoms with van der Waals surface area (Å²) in [5.41, 5.74) is 1.33. The number of fused-ring (bicyclic) bond motifs is 2. The lowest BCUT2D eigenvalue weighted by Gasteiger charge is -2.31. The molecule has 1 aliphatic carbocycles. The van der Waals surface area contributed by atoms with E-state index in [1.165, 1.54) is 22.0 Å². The highest BCUT2D eigenvalue weighted by molar-refractivity contribution is 7.11. The zero-order chi connectivity index (χ0) is 18.4. The van der Waals surface area contributed by atoms with Crippen LogP contribution in [0.2, 0.25) is 0 Å². The molecule has 1 saturated heterocycles. The summed E-state index contributed by atoms with van der Waals surface area (Å²) < 4.78 is 0. The maximum atomic E-state index is 13.2. The first kappa shape index (κ1) is 16.6. The number of nitrogens with zero attached hydrogens (tertiary/aromatic N) is 3. The SMILES string of the molecule is O=C(c1n[nH]c(=O)c2ccccc12)N1CCCC(c2nc3c(s2)CCC3)C1. The van der Waals surface area contributed by atoms with Crippen LogP contribution in [0.15, 0.2) is 29.1 Å². The second-order valence-corrected chi connectivity index (χ2v) is 8.43. The molecule has 7 heteroatoms. The van der Waals surface area contributed by atoms with Crippen molar-refractivity contribution >= 4 is 28.0 Å². The maximum Gasteiger partial charge on any atom is 0.274 e. The summed E-state index contributed by atoms with van der Waals surface area (Å²) in [4.78, 5) is 33.3. The van der Waals surface area contributed by atoms with Crippen molar-refractivity contribution in [1.29, 1.82) is 0 Å². The number of aromatic nitrogens is 3. The van der Waals surface area contributed by atoms with Crippen molar-refractivity contribution in [2.45, 2.75) is 38.0 Å². The average molecular weight is 380 g/mol. The van der Waals surface area contributed by atoms with Gasteiger partial charge in [0.15, 0.2) is 5.69 Å². The number of aromatic amines is 1. The number of aryl methyl sites for hydroxylation is 2. The number of likely N-dealkylation sites (tertiary alicyclic amines) is 1. The number of amides is 1. The van der Waals surface area contributed by atoms with Crippen LogP contribution in [-0.4, -0.2) is 39.1 Å². The molecule has 27 heavy (non-hydrogen) atoms. The zero-order valence-corrected chi connectivity index (χ0v) is 15.7. The molecule has 1 amide bonds. The third-order valence-electron chi connectivity index (χ3n) is 5.57. The number of carbonyl (C=O) groups excluding carboxylic acids is 1. The Hall–Kier alpha value is -2.54. The first-order valence-corrected chi connectivity index (χ1v) is 10.3. The van der Waals surface area contributed by atoms with Crippen LogP contribution >= 0.6 is 11.3 Å². The highest BCUT2D eigenvalue weighted by atomic mass is 32.1. The van der Waals surface area contributed by atoms with E-state index in [9.17, 15) is 9.59 Å². The number of benzene rings is 1. The zero-order valence-electron chi connectivity index (χ0n) is 14.9. The molecule has 3 aromatic rings. The Labute approximate surface area is 160 Å². The van der Waals surface area contributed by atoms with Crippen molar-refractivity contribution in [2.75, 3.05) is 13.1 Å². The van der Waals surface area contributed by atoms with Gasteiger partial charge in [-0.15, -0.1) is 11.3 Å². The molecule has 0 saturated carbocycles. The van der Waals surface area contributed by atoms with Gasteiger partial charge < -0.3 is 4.90 Å². The third-order valence-corrected chi connectivity index (χ3v) is 6.89. The van der Waals surface area contributed by atoms with Gasteiger partial charge in [0.05, 0.1) is 16.1 Å². The first-order valence-electron chi connectivity index (χ1n) is 9.46. The monoisotopic (exact) mass is 380 g/mol. The molecule has 5 rings (SSSR count). The second kappa shape index (κ2) is 6.56. The molecule has 1 aliphatic heterocycles. The molecule has 0 radical (unpaired) electrons. The summed E-state index contributed by atoms with van der Waals surface area (Å²) in [7, 11) is 0. The molecule has 1 unspecified atom stereocenters. The normalized spacial score (nSPS) is 19.4. The van der Waals surface area contributed by atoms with Crippen molar-refractivity contribution in [3.8, 4) is 0 Å². The van der Waals surface area contributed by atoms with Gasteiger partial charge in [-0.1, -0.05) is 18.2 Å². The smallest absolute Gasteiger partial charge is 0.274 e. The fourth-order valence-corrected chi connectivity index (χ4v) is 5.45. The van der Waals surface area contributed by atoms with Crippen LogP contribution in [0.25, 0.3) is 10.8 Å². The standard InChI is InChI=1S/C20H20N4O2S/c25-18-14-7-2-1-6-13(14)17(22-23-18)20(26)24-10-4-5-12(11-24)19-21-15-8-3-9-16(15)27-19/h1-2,6-7,12H,3-5,8-11H2,(H,23,25). The van der Waals surface area contributed by atoms with E-state index in [0.717, 1.165) is 32.2 Å². The van der Waals surface area contributed by atoms with Crippen molar-refractivity contribution in [1.82, 2.24) is 20.1 Å². The summed E-state index contributed by atoms with van der Waals surface area (Å²) in [5.74, 6) is 0.184. The minimum absolute atomic E-state index is 0.115. The Kier molecular flexibility index (Phi) is 4.04. The quantitative estimate of drug-likeness (QED) is 0.741. The highest BCUT2D eigenvalue weighted by Gasteiger charge is 2.30. The molecular formula is C20H20N4O2S. The van der Waals surface area contributed by atoms with Crippen molar-refractivity contribution in [3.05, 3.63) is 55.9 Å². The fourth-order valence-electron chi connectivity index (χ4n) is 4.18. The van der Waals surface area contributed by atoms with Crippen molar-refractivity contribution in [2.24, 2.45) is 0 Å². The molecule has 2 aromatic heterocycles. The third kappa shape index (κ3) is 2.86. The van der Waals surface area contributed by atoms with E-state index >= 15 is 0 Å². The molecule has 2 aliphatic rings. The number of H-pyrrole nitrogens is 1. The summed E-state index contributed by atoms with van der Waals surface area (Å²) in [5, 5.41) is 8.84. The molecule has 0 bridgehead atoms. The van der Waals surface area contributed by atoms with Crippen LogP contribution in [0.1, 0.15) is 51.2 Å². The van der Waals surface area contributed by atoms with Crippen LogP contribution in [0.3, 0.4) is 0 Å². The number of carbonyl (C=O) groups is 1. The number of nitrogens with one attached hydrogen (secondary N) is 1. The van der Waals surface area contributed by atoms with Gasteiger partial charge in [0.25, 0.3) is 11.5 Å².